The number of rotatable bonds is 5. The van der Waals surface area contributed by atoms with Crippen molar-refractivity contribution < 1.29 is 4.79 Å². The van der Waals surface area contributed by atoms with Crippen LogP contribution in [-0.4, -0.2) is 28.2 Å². The molecule has 1 N–H and O–H groups in total. The van der Waals surface area contributed by atoms with Crippen molar-refractivity contribution in [3.05, 3.63) is 16.2 Å². The third-order valence-corrected chi connectivity index (χ3v) is 5.06. The lowest BCUT2D eigenvalue weighted by Gasteiger charge is -2.04. The Hall–Kier alpha value is -0.850. The molecule has 102 valence electrons. The highest BCUT2D eigenvalue weighted by Crippen LogP contribution is 2.37. The van der Waals surface area contributed by atoms with Crippen molar-refractivity contribution in [1.29, 1.82) is 0 Å². The first-order valence-electron chi connectivity index (χ1n) is 5.92. The average molecular weight is 316 g/mol. The fourth-order valence-electron chi connectivity index (χ4n) is 1.54. The molecule has 2 aromatic rings. The number of amides is 1. The van der Waals surface area contributed by atoms with Crippen molar-refractivity contribution in [2.75, 3.05) is 12.3 Å². The topological polar surface area (TPSA) is 54.9 Å². The van der Waals surface area contributed by atoms with Crippen LogP contribution in [0.1, 0.15) is 18.2 Å². The van der Waals surface area contributed by atoms with Gasteiger partial charge in [0.2, 0.25) is 5.91 Å². The second-order valence-electron chi connectivity index (χ2n) is 3.97. The number of halogens is 1. The van der Waals surface area contributed by atoms with E-state index in [9.17, 15) is 4.79 Å². The number of thiophene rings is 1. The Morgan fingerprint density at radius 2 is 2.32 bits per heavy atom. The maximum Gasteiger partial charge on any atom is 0.230 e. The first kappa shape index (κ1) is 14.6. The molecule has 4 nitrogen and oxygen atoms in total. The standard InChI is InChI=1S/C12H14ClN3OS2/c1-3-4-14-8(17)5-18-11-9-10(13)7(2)19-12(9)16-6-15-11/h6H,3-5H2,1-2H3,(H,14,17). The van der Waals surface area contributed by atoms with Gasteiger partial charge in [-0.2, -0.15) is 0 Å². The summed E-state index contributed by atoms with van der Waals surface area (Å²) in [4.78, 5) is 21.9. The van der Waals surface area contributed by atoms with Gasteiger partial charge < -0.3 is 5.32 Å². The normalized spacial score (nSPS) is 10.9. The highest BCUT2D eigenvalue weighted by Gasteiger charge is 2.14. The van der Waals surface area contributed by atoms with Gasteiger partial charge in [-0.25, -0.2) is 9.97 Å². The molecule has 0 fully saturated rings. The van der Waals surface area contributed by atoms with E-state index in [1.807, 2.05) is 13.8 Å². The van der Waals surface area contributed by atoms with Crippen molar-refractivity contribution in [3.63, 3.8) is 0 Å². The minimum atomic E-state index is 0.0155. The number of hydrogen-bond acceptors (Lipinski definition) is 5. The molecule has 2 aromatic heterocycles. The molecule has 0 saturated carbocycles. The molecule has 0 spiro atoms. The molecular weight excluding hydrogens is 302 g/mol. The minimum absolute atomic E-state index is 0.0155. The zero-order valence-electron chi connectivity index (χ0n) is 10.7. The van der Waals surface area contributed by atoms with E-state index in [0.29, 0.717) is 17.3 Å². The minimum Gasteiger partial charge on any atom is -0.355 e. The molecular formula is C12H14ClN3OS2. The number of nitrogens with zero attached hydrogens (tertiary/aromatic N) is 2. The molecule has 19 heavy (non-hydrogen) atoms. The number of hydrogen-bond donors (Lipinski definition) is 1. The van der Waals surface area contributed by atoms with Crippen molar-refractivity contribution in [1.82, 2.24) is 15.3 Å². The molecule has 0 unspecified atom stereocenters. The van der Waals surface area contributed by atoms with E-state index in [1.54, 1.807) is 11.3 Å². The summed E-state index contributed by atoms with van der Waals surface area (Å²) in [5.41, 5.74) is 0. The summed E-state index contributed by atoms with van der Waals surface area (Å²) in [6.07, 6.45) is 2.45. The molecule has 7 heteroatoms. The summed E-state index contributed by atoms with van der Waals surface area (Å²) in [7, 11) is 0. The molecule has 0 aliphatic carbocycles. The van der Waals surface area contributed by atoms with E-state index < -0.39 is 0 Å². The Morgan fingerprint density at radius 3 is 3.05 bits per heavy atom. The quantitative estimate of drug-likeness (QED) is 0.679. The predicted octanol–water partition coefficient (Wildman–Crippen LogP) is 3.27. The van der Waals surface area contributed by atoms with Gasteiger partial charge in [0, 0.05) is 11.4 Å². The summed E-state index contributed by atoms with van der Waals surface area (Å²) in [6, 6.07) is 0. The smallest absolute Gasteiger partial charge is 0.230 e. The van der Waals surface area contributed by atoms with Gasteiger partial charge in [-0.15, -0.1) is 11.3 Å². The second kappa shape index (κ2) is 6.54. The maximum absolute atomic E-state index is 11.6. The summed E-state index contributed by atoms with van der Waals surface area (Å²) >= 11 is 9.20. The van der Waals surface area contributed by atoms with E-state index in [1.165, 1.54) is 18.1 Å². The Bertz CT molecular complexity index is 600. The molecule has 2 rings (SSSR count). The van der Waals surface area contributed by atoms with Crippen LogP contribution in [0.4, 0.5) is 0 Å². The predicted molar refractivity (Wildman–Crippen MR) is 81.2 cm³/mol. The highest BCUT2D eigenvalue weighted by atomic mass is 35.5. The Balaban J connectivity index is 2.14. The molecule has 0 atom stereocenters. The van der Waals surface area contributed by atoms with Crippen LogP contribution in [0.25, 0.3) is 10.2 Å². The zero-order valence-corrected chi connectivity index (χ0v) is 13.1. The third-order valence-electron chi connectivity index (χ3n) is 2.47. The van der Waals surface area contributed by atoms with Gasteiger partial charge >= 0.3 is 0 Å². The van der Waals surface area contributed by atoms with Crippen LogP contribution < -0.4 is 5.32 Å². The zero-order chi connectivity index (χ0) is 13.8. The molecule has 1 amide bonds. The lowest BCUT2D eigenvalue weighted by atomic mass is 10.4. The SMILES string of the molecule is CCCNC(=O)CSc1ncnc2sc(C)c(Cl)c12. The molecule has 0 aromatic carbocycles. The van der Waals surface area contributed by atoms with Gasteiger partial charge in [0.1, 0.15) is 16.2 Å². The van der Waals surface area contributed by atoms with E-state index in [4.69, 9.17) is 11.6 Å². The van der Waals surface area contributed by atoms with Crippen LogP contribution in [0.15, 0.2) is 11.4 Å². The van der Waals surface area contributed by atoms with Gasteiger partial charge in [-0.1, -0.05) is 30.3 Å². The Kier molecular flexibility index (Phi) is 5.01. The molecule has 0 saturated heterocycles. The molecule has 0 aliphatic heterocycles. The van der Waals surface area contributed by atoms with Crippen LogP contribution in [0.5, 0.6) is 0 Å². The number of aromatic nitrogens is 2. The summed E-state index contributed by atoms with van der Waals surface area (Å²) < 4.78 is 0. The van der Waals surface area contributed by atoms with Crippen LogP contribution in [-0.2, 0) is 4.79 Å². The van der Waals surface area contributed by atoms with Crippen LogP contribution >= 0.6 is 34.7 Å². The fourth-order valence-corrected chi connectivity index (χ4v) is 3.73. The number of aryl methyl sites for hydroxylation is 1. The fraction of sp³-hybridized carbons (Fsp3) is 0.417. The molecule has 0 radical (unpaired) electrons. The van der Waals surface area contributed by atoms with Gasteiger partial charge in [-0.05, 0) is 13.3 Å². The number of thioether (sulfide) groups is 1. The summed E-state index contributed by atoms with van der Waals surface area (Å²) in [5, 5.41) is 5.16. The lowest BCUT2D eigenvalue weighted by Crippen LogP contribution is -2.25. The van der Waals surface area contributed by atoms with Gasteiger partial charge in [0.05, 0.1) is 16.2 Å². The second-order valence-corrected chi connectivity index (χ2v) is 6.52. The van der Waals surface area contributed by atoms with E-state index in [0.717, 1.165) is 26.5 Å². The molecule has 0 bridgehead atoms. The van der Waals surface area contributed by atoms with Gasteiger partial charge in [-0.3, -0.25) is 4.79 Å². The number of fused-ring (bicyclic) bond motifs is 1. The van der Waals surface area contributed by atoms with E-state index in [2.05, 4.69) is 15.3 Å². The van der Waals surface area contributed by atoms with Crippen molar-refractivity contribution in [2.24, 2.45) is 0 Å². The van der Waals surface area contributed by atoms with Crippen molar-refractivity contribution in [3.8, 4) is 0 Å². The van der Waals surface area contributed by atoms with E-state index in [-0.39, 0.29) is 5.91 Å². The third kappa shape index (κ3) is 3.38. The number of carbonyl (C=O) groups is 1. The molecule has 0 aliphatic rings. The Morgan fingerprint density at radius 1 is 1.53 bits per heavy atom. The van der Waals surface area contributed by atoms with Gasteiger partial charge in [0.15, 0.2) is 0 Å². The van der Waals surface area contributed by atoms with E-state index >= 15 is 0 Å². The summed E-state index contributed by atoms with van der Waals surface area (Å²) in [5.74, 6) is 0.360. The highest BCUT2D eigenvalue weighted by molar-refractivity contribution is 8.00. The van der Waals surface area contributed by atoms with Crippen LogP contribution in [0, 0.1) is 6.92 Å². The monoisotopic (exact) mass is 315 g/mol. The first-order valence-corrected chi connectivity index (χ1v) is 8.10. The first-order chi connectivity index (χ1) is 9.13. The maximum atomic E-state index is 11.6. The van der Waals surface area contributed by atoms with Crippen molar-refractivity contribution >= 4 is 50.8 Å². The summed E-state index contributed by atoms with van der Waals surface area (Å²) in [6.45, 7) is 4.68. The average Bonchev–Trinajstić information content (AvgIpc) is 2.70. The number of carbonyl (C=O) groups excluding carboxylic acids is 1. The largest absolute Gasteiger partial charge is 0.355 e. The van der Waals surface area contributed by atoms with Crippen LogP contribution in [0.3, 0.4) is 0 Å². The van der Waals surface area contributed by atoms with Crippen LogP contribution in [0.2, 0.25) is 5.02 Å². The Labute approximate surface area is 125 Å². The number of nitrogens with one attached hydrogen (secondary N) is 1. The lowest BCUT2D eigenvalue weighted by molar-refractivity contribution is -0.118. The molecule has 2 heterocycles. The van der Waals surface area contributed by atoms with Gasteiger partial charge in [0.25, 0.3) is 0 Å². The van der Waals surface area contributed by atoms with Crippen molar-refractivity contribution in [2.45, 2.75) is 25.3 Å².